The van der Waals surface area contributed by atoms with Crippen LogP contribution in [0.2, 0.25) is 0 Å². The Morgan fingerprint density at radius 3 is 2.41 bits per heavy atom. The summed E-state index contributed by atoms with van der Waals surface area (Å²) >= 11 is 15.2. The average Bonchev–Trinajstić information content (AvgIpc) is 2.72. The summed E-state index contributed by atoms with van der Waals surface area (Å²) in [6, 6.07) is 8.55. The molecule has 0 unspecified atom stereocenters. The van der Waals surface area contributed by atoms with Crippen molar-refractivity contribution in [3.8, 4) is 11.5 Å². The molecule has 12 heteroatoms. The van der Waals surface area contributed by atoms with Crippen molar-refractivity contribution in [1.29, 1.82) is 0 Å². The van der Waals surface area contributed by atoms with Gasteiger partial charge in [-0.15, -0.1) is 0 Å². The predicted molar refractivity (Wildman–Crippen MR) is 135 cm³/mol. The summed E-state index contributed by atoms with van der Waals surface area (Å²) in [5.41, 5.74) is 6.05. The number of hydrogen-bond donors (Lipinski definition) is 3. The number of aryl methyl sites for hydroxylation is 1. The molecule has 2 aromatic rings. The van der Waals surface area contributed by atoms with Crippen molar-refractivity contribution in [3.05, 3.63) is 54.9 Å². The molecule has 32 heavy (non-hydrogen) atoms. The number of amides is 2. The number of thiocarbonyl (C=S) groups is 1. The van der Waals surface area contributed by atoms with Crippen LogP contribution >= 0.6 is 60.0 Å². The highest BCUT2D eigenvalue weighted by atomic mass is 79.9. The maximum Gasteiger partial charge on any atom is 0.276 e. The Kier molecular flexibility index (Phi) is 10.9. The van der Waals surface area contributed by atoms with E-state index in [1.807, 2.05) is 19.1 Å². The highest BCUT2D eigenvalue weighted by molar-refractivity contribution is 9.11. The third-order valence-corrected chi connectivity index (χ3v) is 5.69. The smallest absolute Gasteiger partial charge is 0.276 e. The van der Waals surface area contributed by atoms with Crippen molar-refractivity contribution >= 4 is 76.9 Å². The van der Waals surface area contributed by atoms with E-state index in [9.17, 15) is 9.59 Å². The normalized spacial score (nSPS) is 10.3. The zero-order valence-electron chi connectivity index (χ0n) is 17.1. The number of rotatable bonds is 8. The molecule has 0 aliphatic heterocycles. The molecule has 8 nitrogen and oxygen atoms in total. The van der Waals surface area contributed by atoms with Gasteiger partial charge in [0.25, 0.3) is 11.8 Å². The van der Waals surface area contributed by atoms with Crippen LogP contribution in [0.5, 0.6) is 11.5 Å². The first kappa shape index (κ1) is 26.5. The van der Waals surface area contributed by atoms with Crippen LogP contribution in [0.1, 0.15) is 15.9 Å². The summed E-state index contributed by atoms with van der Waals surface area (Å²) in [4.78, 5) is 24.4. The minimum atomic E-state index is -0.476. The molecule has 0 saturated heterocycles. The molecule has 0 heterocycles. The number of halogens is 3. The van der Waals surface area contributed by atoms with Crippen molar-refractivity contribution in [2.75, 3.05) is 26.9 Å². The van der Waals surface area contributed by atoms with E-state index in [4.69, 9.17) is 26.4 Å². The molecule has 0 atom stereocenters. The Labute approximate surface area is 216 Å². The second-order valence-corrected chi connectivity index (χ2v) is 9.30. The maximum atomic E-state index is 12.4. The van der Waals surface area contributed by atoms with Crippen LogP contribution in [0.4, 0.5) is 0 Å². The standard InChI is InChI=1S/C20H20Br3N3O5S/c1-11-7-13(21)9-15(23)18(11)31-10-17(27)25-26-20(32)24-19(28)12-3-4-16(14(22)8-12)30-6-5-29-2/h3-4,7-9H,5-6,10H2,1-2H3,(H,25,27)(H2,24,26,28,32). The fourth-order valence-corrected chi connectivity index (χ4v) is 4.56. The second-order valence-electron chi connectivity index (χ2n) is 6.27. The maximum absolute atomic E-state index is 12.4. The Hall–Kier alpha value is -1.73. The molecule has 0 aromatic heterocycles. The number of carbonyl (C=O) groups excluding carboxylic acids is 2. The molecule has 0 aliphatic carbocycles. The Morgan fingerprint density at radius 1 is 1.00 bits per heavy atom. The molecule has 0 saturated carbocycles. The summed E-state index contributed by atoms with van der Waals surface area (Å²) in [7, 11) is 1.58. The van der Waals surface area contributed by atoms with E-state index in [0.717, 1.165) is 10.0 Å². The lowest BCUT2D eigenvalue weighted by Crippen LogP contribution is -2.49. The zero-order chi connectivity index (χ0) is 23.7. The molecule has 0 bridgehead atoms. The fourth-order valence-electron chi connectivity index (χ4n) is 2.37. The highest BCUT2D eigenvalue weighted by Crippen LogP contribution is 2.32. The molecule has 0 radical (unpaired) electrons. The second kappa shape index (κ2) is 13.1. The van der Waals surface area contributed by atoms with E-state index in [1.54, 1.807) is 25.3 Å². The van der Waals surface area contributed by atoms with Gasteiger partial charge in [-0.2, -0.15) is 0 Å². The third-order valence-electron chi connectivity index (χ3n) is 3.82. The number of hydrogen-bond acceptors (Lipinski definition) is 6. The van der Waals surface area contributed by atoms with Crippen LogP contribution in [0, 0.1) is 6.92 Å². The van der Waals surface area contributed by atoms with Crippen molar-refractivity contribution in [1.82, 2.24) is 16.2 Å². The van der Waals surface area contributed by atoms with E-state index >= 15 is 0 Å². The number of methoxy groups -OCH3 is 1. The number of ether oxygens (including phenoxy) is 3. The number of nitrogens with one attached hydrogen (secondary N) is 3. The van der Waals surface area contributed by atoms with Gasteiger partial charge in [0, 0.05) is 17.1 Å². The molecule has 2 aromatic carbocycles. The van der Waals surface area contributed by atoms with Crippen molar-refractivity contribution in [2.45, 2.75) is 6.92 Å². The van der Waals surface area contributed by atoms with Crippen LogP contribution < -0.4 is 25.6 Å². The zero-order valence-corrected chi connectivity index (χ0v) is 22.7. The van der Waals surface area contributed by atoms with Gasteiger partial charge in [0.05, 0.1) is 15.6 Å². The van der Waals surface area contributed by atoms with Crippen LogP contribution in [0.3, 0.4) is 0 Å². The van der Waals surface area contributed by atoms with Gasteiger partial charge in [-0.25, -0.2) is 0 Å². The number of carbonyl (C=O) groups is 2. The number of hydrazine groups is 1. The lowest BCUT2D eigenvalue weighted by Gasteiger charge is -2.14. The van der Waals surface area contributed by atoms with E-state index < -0.39 is 11.8 Å². The monoisotopic (exact) mass is 651 g/mol. The van der Waals surface area contributed by atoms with E-state index in [2.05, 4.69) is 64.0 Å². The minimum absolute atomic E-state index is 0.0686. The molecule has 0 spiro atoms. The summed E-state index contributed by atoms with van der Waals surface area (Å²) < 4.78 is 18.2. The first-order chi connectivity index (χ1) is 15.2. The summed E-state index contributed by atoms with van der Waals surface area (Å²) in [5, 5.41) is 2.41. The topological polar surface area (TPSA) is 97.9 Å². The van der Waals surface area contributed by atoms with Crippen LogP contribution in [-0.4, -0.2) is 43.9 Å². The predicted octanol–water partition coefficient (Wildman–Crippen LogP) is 4.02. The summed E-state index contributed by atoms with van der Waals surface area (Å²) in [5.74, 6) is 0.210. The Balaban J connectivity index is 1.80. The van der Waals surface area contributed by atoms with E-state index in [1.165, 1.54) is 0 Å². The Bertz CT molecular complexity index is 983. The molecule has 3 N–H and O–H groups in total. The van der Waals surface area contributed by atoms with Gasteiger partial charge in [-0.1, -0.05) is 15.9 Å². The molecule has 172 valence electrons. The first-order valence-corrected chi connectivity index (χ1v) is 11.9. The highest BCUT2D eigenvalue weighted by Gasteiger charge is 2.13. The van der Waals surface area contributed by atoms with Crippen molar-refractivity contribution in [2.24, 2.45) is 0 Å². The van der Waals surface area contributed by atoms with Gasteiger partial charge >= 0.3 is 0 Å². The fraction of sp³-hybridized carbons (Fsp3) is 0.250. The third kappa shape index (κ3) is 8.32. The Morgan fingerprint density at radius 2 is 1.75 bits per heavy atom. The lowest BCUT2D eigenvalue weighted by molar-refractivity contribution is -0.123. The van der Waals surface area contributed by atoms with E-state index in [0.29, 0.717) is 39.2 Å². The first-order valence-electron chi connectivity index (χ1n) is 9.11. The average molecular weight is 654 g/mol. The van der Waals surface area contributed by atoms with E-state index in [-0.39, 0.29) is 11.7 Å². The quantitative estimate of drug-likeness (QED) is 0.225. The van der Waals surface area contributed by atoms with Crippen molar-refractivity contribution < 1.29 is 23.8 Å². The molecular formula is C20H20Br3N3O5S. The largest absolute Gasteiger partial charge is 0.490 e. The van der Waals surface area contributed by atoms with Gasteiger partial charge in [0.1, 0.15) is 18.1 Å². The molecular weight excluding hydrogens is 634 g/mol. The van der Waals surface area contributed by atoms with Gasteiger partial charge in [0.2, 0.25) is 0 Å². The van der Waals surface area contributed by atoms with Gasteiger partial charge in [0.15, 0.2) is 11.7 Å². The molecule has 0 aliphatic rings. The van der Waals surface area contributed by atoms with Crippen LogP contribution in [0.25, 0.3) is 0 Å². The summed E-state index contributed by atoms with van der Waals surface area (Å²) in [6.07, 6.45) is 0. The van der Waals surface area contributed by atoms with Crippen molar-refractivity contribution in [3.63, 3.8) is 0 Å². The molecule has 2 rings (SSSR count). The number of benzene rings is 2. The molecule has 2 amide bonds. The molecule has 0 fully saturated rings. The van der Waals surface area contributed by atoms with Crippen LogP contribution in [0.15, 0.2) is 43.7 Å². The summed E-state index contributed by atoms with van der Waals surface area (Å²) in [6.45, 7) is 2.45. The SMILES string of the molecule is COCCOc1ccc(C(=O)NC(=S)NNC(=O)COc2c(C)cc(Br)cc2Br)cc1Br. The van der Waals surface area contributed by atoms with Gasteiger partial charge < -0.3 is 14.2 Å². The van der Waals surface area contributed by atoms with Gasteiger partial charge in [-0.05, 0) is 86.9 Å². The van der Waals surface area contributed by atoms with Gasteiger partial charge in [-0.3, -0.25) is 25.8 Å². The minimum Gasteiger partial charge on any atom is -0.490 e. The lowest BCUT2D eigenvalue weighted by atomic mass is 10.2. The van der Waals surface area contributed by atoms with Crippen LogP contribution in [-0.2, 0) is 9.53 Å².